The Labute approximate surface area is 160 Å². The van der Waals surface area contributed by atoms with Gasteiger partial charge in [-0.1, -0.05) is 23.7 Å². The van der Waals surface area contributed by atoms with E-state index >= 15 is 0 Å². The molecule has 0 aliphatic heterocycles. The smallest absolute Gasteiger partial charge is 0.227 e. The van der Waals surface area contributed by atoms with Crippen molar-refractivity contribution < 1.29 is 4.42 Å². The number of halogens is 1. The summed E-state index contributed by atoms with van der Waals surface area (Å²) in [6.07, 6.45) is 1.80. The van der Waals surface area contributed by atoms with Crippen molar-refractivity contribution in [3.63, 3.8) is 0 Å². The molecule has 0 unspecified atom stereocenters. The van der Waals surface area contributed by atoms with Gasteiger partial charge in [-0.3, -0.25) is 0 Å². The molecule has 0 atom stereocenters. The van der Waals surface area contributed by atoms with Crippen molar-refractivity contribution >= 4 is 39.7 Å². The predicted molar refractivity (Wildman–Crippen MR) is 108 cm³/mol. The van der Waals surface area contributed by atoms with E-state index in [9.17, 15) is 0 Å². The summed E-state index contributed by atoms with van der Waals surface area (Å²) in [7, 11) is 0. The van der Waals surface area contributed by atoms with Crippen molar-refractivity contribution in [1.29, 1.82) is 0 Å². The molecule has 6 heteroatoms. The van der Waals surface area contributed by atoms with Gasteiger partial charge in [-0.25, -0.2) is 9.97 Å². The minimum atomic E-state index is 0.560. The molecule has 2 aromatic carbocycles. The molecule has 0 amide bonds. The lowest BCUT2D eigenvalue weighted by molar-refractivity contribution is 0.617. The van der Waals surface area contributed by atoms with Crippen molar-refractivity contribution in [2.45, 2.75) is 27.3 Å². The fourth-order valence-electron chi connectivity index (χ4n) is 2.99. The third-order valence-electron chi connectivity index (χ3n) is 4.28. The van der Waals surface area contributed by atoms with Crippen LogP contribution in [0, 0.1) is 20.8 Å². The lowest BCUT2D eigenvalue weighted by Gasteiger charge is -2.09. The number of aryl methyl sites for hydroxylation is 3. The van der Waals surface area contributed by atoms with E-state index in [0.717, 1.165) is 38.4 Å². The first-order valence-electron chi connectivity index (χ1n) is 8.32. The number of oxazole rings is 1. The van der Waals surface area contributed by atoms with Crippen LogP contribution in [0.25, 0.3) is 22.6 Å². The molecule has 4 aromatic rings. The van der Waals surface area contributed by atoms with Gasteiger partial charge in [-0.2, -0.15) is 0 Å². The van der Waals surface area contributed by atoms with Gasteiger partial charge in [0.05, 0.1) is 6.54 Å². The largest absolute Gasteiger partial charge is 0.436 e. The first-order chi connectivity index (χ1) is 12.5. The molecule has 0 saturated carbocycles. The molecule has 0 spiro atoms. The molecule has 0 bridgehead atoms. The zero-order chi connectivity index (χ0) is 18.3. The second-order valence-corrected chi connectivity index (χ2v) is 8.11. The zero-order valence-corrected chi connectivity index (χ0v) is 16.3. The Kier molecular flexibility index (Phi) is 4.42. The number of hydrogen-bond donors (Lipinski definition) is 1. The molecule has 0 aliphatic rings. The Hall–Kier alpha value is -2.37. The van der Waals surface area contributed by atoms with Gasteiger partial charge in [-0.15, -0.1) is 11.3 Å². The second kappa shape index (κ2) is 6.74. The molecule has 4 rings (SSSR count). The lowest BCUT2D eigenvalue weighted by Crippen LogP contribution is -1.99. The molecule has 4 nitrogen and oxygen atoms in total. The summed E-state index contributed by atoms with van der Waals surface area (Å²) in [5.74, 6) is 0.637. The molecule has 1 N–H and O–H groups in total. The number of aromatic nitrogens is 2. The number of anilines is 1. The molecule has 132 valence electrons. The van der Waals surface area contributed by atoms with Crippen molar-refractivity contribution in [3.8, 4) is 11.5 Å². The fourth-order valence-corrected chi connectivity index (χ4v) is 3.91. The van der Waals surface area contributed by atoms with Crippen LogP contribution in [-0.4, -0.2) is 9.97 Å². The van der Waals surface area contributed by atoms with E-state index < -0.39 is 0 Å². The predicted octanol–water partition coefficient (Wildman–Crippen LogP) is 6.14. The van der Waals surface area contributed by atoms with E-state index in [4.69, 9.17) is 16.0 Å². The highest BCUT2D eigenvalue weighted by molar-refractivity contribution is 7.15. The molecular weight excluding hydrogens is 366 g/mol. The summed E-state index contributed by atoms with van der Waals surface area (Å²) in [4.78, 5) is 9.84. The number of nitrogens with one attached hydrogen (secondary N) is 1. The van der Waals surface area contributed by atoms with Gasteiger partial charge < -0.3 is 9.73 Å². The van der Waals surface area contributed by atoms with E-state index in [1.807, 2.05) is 13.0 Å². The second-order valence-electron chi connectivity index (χ2n) is 6.41. The van der Waals surface area contributed by atoms with Crippen LogP contribution in [-0.2, 0) is 6.54 Å². The molecule has 2 aromatic heterocycles. The molecule has 0 aliphatic carbocycles. The number of hydrogen-bond acceptors (Lipinski definition) is 5. The Morgan fingerprint density at radius 3 is 2.73 bits per heavy atom. The van der Waals surface area contributed by atoms with Crippen molar-refractivity contribution in [2.75, 3.05) is 5.32 Å². The van der Waals surface area contributed by atoms with Gasteiger partial charge in [0.15, 0.2) is 10.0 Å². The zero-order valence-electron chi connectivity index (χ0n) is 14.8. The van der Waals surface area contributed by atoms with Crippen LogP contribution in [0.15, 0.2) is 40.9 Å². The fraction of sp³-hybridized carbons (Fsp3) is 0.200. The van der Waals surface area contributed by atoms with Crippen LogP contribution >= 0.6 is 22.9 Å². The monoisotopic (exact) mass is 383 g/mol. The summed E-state index contributed by atoms with van der Waals surface area (Å²) < 4.78 is 6.60. The lowest BCUT2D eigenvalue weighted by atomic mass is 10.1. The summed E-state index contributed by atoms with van der Waals surface area (Å²) in [5.41, 5.74) is 7.19. The highest BCUT2D eigenvalue weighted by atomic mass is 35.5. The third kappa shape index (κ3) is 3.32. The molecule has 0 radical (unpaired) electrons. The maximum absolute atomic E-state index is 6.04. The number of fused-ring (bicyclic) bond motifs is 1. The summed E-state index contributed by atoms with van der Waals surface area (Å²) >= 11 is 7.38. The minimum absolute atomic E-state index is 0.560. The van der Waals surface area contributed by atoms with Crippen LogP contribution in [0.4, 0.5) is 5.69 Å². The van der Waals surface area contributed by atoms with Crippen molar-refractivity contribution in [3.05, 3.63) is 62.6 Å². The average molecular weight is 384 g/mol. The van der Waals surface area contributed by atoms with Crippen molar-refractivity contribution in [1.82, 2.24) is 9.97 Å². The van der Waals surface area contributed by atoms with Crippen LogP contribution in [0.3, 0.4) is 0 Å². The Morgan fingerprint density at radius 1 is 1.12 bits per heavy atom. The van der Waals surface area contributed by atoms with Crippen LogP contribution in [0.2, 0.25) is 4.47 Å². The first-order valence-corrected chi connectivity index (χ1v) is 9.52. The highest BCUT2D eigenvalue weighted by Gasteiger charge is 2.12. The standard InChI is InChI=1S/C20H18ClN3OS/c1-11-6-13(3)18-17(7-11)24-19(25-18)14-5-4-12(2)16(8-14)22-9-15-10-23-20(21)26-15/h4-8,10,22H,9H2,1-3H3. The van der Waals surface area contributed by atoms with Gasteiger partial charge in [0.25, 0.3) is 0 Å². The average Bonchev–Trinajstić information content (AvgIpc) is 3.20. The molecule has 2 heterocycles. The maximum atomic E-state index is 6.04. The molecule has 26 heavy (non-hydrogen) atoms. The van der Waals surface area contributed by atoms with Gasteiger partial charge in [0.2, 0.25) is 5.89 Å². The van der Waals surface area contributed by atoms with E-state index in [2.05, 4.69) is 53.4 Å². The van der Waals surface area contributed by atoms with Gasteiger partial charge in [0, 0.05) is 22.3 Å². The van der Waals surface area contributed by atoms with E-state index in [1.165, 1.54) is 16.9 Å². The topological polar surface area (TPSA) is 51.0 Å². The number of rotatable bonds is 4. The van der Waals surface area contributed by atoms with Crippen LogP contribution in [0.1, 0.15) is 21.6 Å². The van der Waals surface area contributed by atoms with E-state index in [-0.39, 0.29) is 0 Å². The van der Waals surface area contributed by atoms with Gasteiger partial charge in [0.1, 0.15) is 5.52 Å². The normalized spacial score (nSPS) is 11.2. The first kappa shape index (κ1) is 17.1. The quantitative estimate of drug-likeness (QED) is 0.459. The highest BCUT2D eigenvalue weighted by Crippen LogP contribution is 2.30. The Morgan fingerprint density at radius 2 is 1.96 bits per heavy atom. The maximum Gasteiger partial charge on any atom is 0.227 e. The van der Waals surface area contributed by atoms with E-state index in [0.29, 0.717) is 16.9 Å². The summed E-state index contributed by atoms with van der Waals surface area (Å²) in [6, 6.07) is 10.3. The Balaban J connectivity index is 1.66. The Bertz CT molecular complexity index is 1100. The van der Waals surface area contributed by atoms with E-state index in [1.54, 1.807) is 6.20 Å². The minimum Gasteiger partial charge on any atom is -0.436 e. The molecule has 0 saturated heterocycles. The van der Waals surface area contributed by atoms with Crippen molar-refractivity contribution in [2.24, 2.45) is 0 Å². The molecular formula is C20H18ClN3OS. The third-order valence-corrected chi connectivity index (χ3v) is 5.40. The summed E-state index contributed by atoms with van der Waals surface area (Å²) in [6.45, 7) is 6.87. The van der Waals surface area contributed by atoms with Crippen LogP contribution < -0.4 is 5.32 Å². The number of benzene rings is 2. The number of thiazole rings is 1. The molecule has 0 fully saturated rings. The summed E-state index contributed by atoms with van der Waals surface area (Å²) in [5, 5.41) is 3.45. The van der Waals surface area contributed by atoms with Crippen LogP contribution in [0.5, 0.6) is 0 Å². The SMILES string of the molecule is Cc1cc(C)c2oc(-c3ccc(C)c(NCc4cnc(Cl)s4)c3)nc2c1. The van der Waals surface area contributed by atoms with Gasteiger partial charge in [-0.05, 0) is 55.7 Å². The number of nitrogens with zero attached hydrogens (tertiary/aromatic N) is 2. The van der Waals surface area contributed by atoms with Gasteiger partial charge >= 0.3 is 0 Å².